The summed E-state index contributed by atoms with van der Waals surface area (Å²) in [6, 6.07) is 15.3. The fourth-order valence-corrected chi connectivity index (χ4v) is 3.70. The fraction of sp³-hybridized carbons (Fsp3) is 0.364. The molecule has 1 heterocycles. The minimum Gasteiger partial charge on any atom is -0.481 e. The largest absolute Gasteiger partial charge is 0.481 e. The van der Waals surface area contributed by atoms with E-state index in [1.165, 1.54) is 5.56 Å². The Bertz CT molecular complexity index is 825. The van der Waals surface area contributed by atoms with Gasteiger partial charge in [-0.3, -0.25) is 14.5 Å². The van der Waals surface area contributed by atoms with Gasteiger partial charge in [0.25, 0.3) is 0 Å². The SMILES string of the molecule is Cc1ccc(NC(=O)CN2CCC(C(=O)O)(c3ccccc3)CC2)cc1C. The molecule has 1 aliphatic heterocycles. The molecular weight excluding hydrogens is 340 g/mol. The Kier molecular flexibility index (Phi) is 5.61. The van der Waals surface area contributed by atoms with E-state index in [9.17, 15) is 14.7 Å². The Balaban J connectivity index is 1.60. The summed E-state index contributed by atoms with van der Waals surface area (Å²) in [7, 11) is 0. The van der Waals surface area contributed by atoms with Gasteiger partial charge in [-0.1, -0.05) is 36.4 Å². The molecule has 142 valence electrons. The third kappa shape index (κ3) is 4.19. The van der Waals surface area contributed by atoms with Crippen LogP contribution in [0.3, 0.4) is 0 Å². The van der Waals surface area contributed by atoms with Crippen molar-refractivity contribution in [3.8, 4) is 0 Å². The van der Waals surface area contributed by atoms with Crippen LogP contribution in [0.2, 0.25) is 0 Å². The normalized spacial score (nSPS) is 16.7. The molecule has 2 aromatic carbocycles. The lowest BCUT2D eigenvalue weighted by Crippen LogP contribution is -2.49. The van der Waals surface area contributed by atoms with Crippen LogP contribution in [-0.4, -0.2) is 41.5 Å². The van der Waals surface area contributed by atoms with Crippen molar-refractivity contribution in [3.63, 3.8) is 0 Å². The van der Waals surface area contributed by atoms with Crippen molar-refractivity contribution in [2.24, 2.45) is 0 Å². The average molecular weight is 366 g/mol. The molecule has 27 heavy (non-hydrogen) atoms. The highest BCUT2D eigenvalue weighted by molar-refractivity contribution is 5.92. The van der Waals surface area contributed by atoms with Gasteiger partial charge in [0.2, 0.25) is 5.91 Å². The van der Waals surface area contributed by atoms with Crippen molar-refractivity contribution >= 4 is 17.6 Å². The standard InChI is InChI=1S/C22H26N2O3/c1-16-8-9-19(14-17(16)2)23-20(25)15-24-12-10-22(11-13-24,21(26)27)18-6-4-3-5-7-18/h3-9,14H,10-13,15H2,1-2H3,(H,23,25)(H,26,27). The summed E-state index contributed by atoms with van der Waals surface area (Å²) in [5, 5.41) is 12.8. The Hall–Kier alpha value is -2.66. The second-order valence-electron chi connectivity index (χ2n) is 7.38. The summed E-state index contributed by atoms with van der Waals surface area (Å²) >= 11 is 0. The number of amides is 1. The lowest BCUT2D eigenvalue weighted by molar-refractivity contribution is -0.146. The number of piperidine rings is 1. The van der Waals surface area contributed by atoms with Crippen LogP contribution in [0.25, 0.3) is 0 Å². The lowest BCUT2D eigenvalue weighted by atomic mass is 9.73. The van der Waals surface area contributed by atoms with Crippen LogP contribution in [0, 0.1) is 13.8 Å². The molecule has 2 N–H and O–H groups in total. The molecule has 1 amide bonds. The maximum Gasteiger partial charge on any atom is 0.314 e. The van der Waals surface area contributed by atoms with Gasteiger partial charge in [-0.2, -0.15) is 0 Å². The van der Waals surface area contributed by atoms with Crippen LogP contribution in [0.1, 0.15) is 29.5 Å². The molecule has 0 bridgehead atoms. The smallest absolute Gasteiger partial charge is 0.314 e. The van der Waals surface area contributed by atoms with Gasteiger partial charge in [0, 0.05) is 18.8 Å². The van der Waals surface area contributed by atoms with E-state index < -0.39 is 11.4 Å². The number of nitrogens with zero attached hydrogens (tertiary/aromatic N) is 1. The molecule has 3 rings (SSSR count). The molecule has 0 atom stereocenters. The topological polar surface area (TPSA) is 69.6 Å². The van der Waals surface area contributed by atoms with E-state index in [4.69, 9.17) is 0 Å². The Morgan fingerprint density at radius 2 is 1.70 bits per heavy atom. The molecule has 2 aromatic rings. The van der Waals surface area contributed by atoms with Crippen LogP contribution in [-0.2, 0) is 15.0 Å². The minimum atomic E-state index is -0.859. The van der Waals surface area contributed by atoms with Gasteiger partial charge in [0.1, 0.15) is 0 Å². The summed E-state index contributed by atoms with van der Waals surface area (Å²) < 4.78 is 0. The molecule has 5 heteroatoms. The number of carbonyl (C=O) groups excluding carboxylic acids is 1. The predicted molar refractivity (Wildman–Crippen MR) is 106 cm³/mol. The number of anilines is 1. The van der Waals surface area contributed by atoms with Gasteiger partial charge in [-0.05, 0) is 55.5 Å². The number of likely N-dealkylation sites (tertiary alicyclic amines) is 1. The van der Waals surface area contributed by atoms with E-state index in [-0.39, 0.29) is 12.5 Å². The van der Waals surface area contributed by atoms with E-state index >= 15 is 0 Å². The zero-order valence-corrected chi connectivity index (χ0v) is 15.9. The second kappa shape index (κ2) is 7.92. The number of carboxylic acid groups (broad SMARTS) is 1. The second-order valence-corrected chi connectivity index (χ2v) is 7.38. The summed E-state index contributed by atoms with van der Waals surface area (Å²) in [5.74, 6) is -0.853. The number of aliphatic carboxylic acids is 1. The molecular formula is C22H26N2O3. The van der Waals surface area contributed by atoms with Crippen molar-refractivity contribution < 1.29 is 14.7 Å². The average Bonchev–Trinajstić information content (AvgIpc) is 2.66. The van der Waals surface area contributed by atoms with E-state index in [0.29, 0.717) is 25.9 Å². The predicted octanol–water partition coefficient (Wildman–Crippen LogP) is 3.36. The first kappa shape index (κ1) is 19.1. The first-order chi connectivity index (χ1) is 12.9. The third-order valence-corrected chi connectivity index (χ3v) is 5.60. The molecule has 1 saturated heterocycles. The van der Waals surface area contributed by atoms with Crippen LogP contribution >= 0.6 is 0 Å². The fourth-order valence-electron chi connectivity index (χ4n) is 3.70. The first-order valence-electron chi connectivity index (χ1n) is 9.29. The molecule has 0 aliphatic carbocycles. The number of hydrogen-bond acceptors (Lipinski definition) is 3. The van der Waals surface area contributed by atoms with Gasteiger partial charge in [-0.25, -0.2) is 0 Å². The van der Waals surface area contributed by atoms with Gasteiger partial charge >= 0.3 is 5.97 Å². The van der Waals surface area contributed by atoms with Crippen molar-refractivity contribution in [3.05, 3.63) is 65.2 Å². The minimum absolute atomic E-state index is 0.0687. The van der Waals surface area contributed by atoms with Gasteiger partial charge in [0.05, 0.1) is 12.0 Å². The monoisotopic (exact) mass is 366 g/mol. The van der Waals surface area contributed by atoms with E-state index in [2.05, 4.69) is 5.32 Å². The highest BCUT2D eigenvalue weighted by Crippen LogP contribution is 2.35. The highest BCUT2D eigenvalue weighted by atomic mass is 16.4. The quantitative estimate of drug-likeness (QED) is 0.851. The van der Waals surface area contributed by atoms with Crippen LogP contribution in [0.5, 0.6) is 0 Å². The lowest BCUT2D eigenvalue weighted by Gasteiger charge is -2.39. The maximum absolute atomic E-state index is 12.4. The van der Waals surface area contributed by atoms with Crippen LogP contribution < -0.4 is 5.32 Å². The van der Waals surface area contributed by atoms with Crippen molar-refractivity contribution in [1.29, 1.82) is 0 Å². The highest BCUT2D eigenvalue weighted by Gasteiger charge is 2.43. The summed E-state index contributed by atoms with van der Waals surface area (Å²) in [6.07, 6.45) is 1.01. The van der Waals surface area contributed by atoms with Gasteiger partial charge in [-0.15, -0.1) is 0 Å². The van der Waals surface area contributed by atoms with Gasteiger partial charge < -0.3 is 10.4 Å². The van der Waals surface area contributed by atoms with Crippen LogP contribution in [0.15, 0.2) is 48.5 Å². The van der Waals surface area contributed by atoms with Crippen molar-refractivity contribution in [1.82, 2.24) is 4.90 Å². The Morgan fingerprint density at radius 1 is 1.04 bits per heavy atom. The van der Waals surface area contributed by atoms with E-state index in [1.54, 1.807) is 0 Å². The van der Waals surface area contributed by atoms with E-state index in [1.807, 2.05) is 67.3 Å². The summed E-state index contributed by atoms with van der Waals surface area (Å²) in [5.41, 5.74) is 3.11. The molecule has 1 aliphatic rings. The number of rotatable bonds is 5. The number of carbonyl (C=O) groups is 2. The molecule has 5 nitrogen and oxygen atoms in total. The molecule has 0 saturated carbocycles. The molecule has 0 radical (unpaired) electrons. The Morgan fingerprint density at radius 3 is 2.30 bits per heavy atom. The zero-order chi connectivity index (χ0) is 19.4. The maximum atomic E-state index is 12.4. The number of nitrogens with one attached hydrogen (secondary N) is 1. The molecule has 0 spiro atoms. The van der Waals surface area contributed by atoms with Crippen LogP contribution in [0.4, 0.5) is 5.69 Å². The van der Waals surface area contributed by atoms with E-state index in [0.717, 1.165) is 16.8 Å². The third-order valence-electron chi connectivity index (χ3n) is 5.60. The Labute approximate surface area is 160 Å². The summed E-state index contributed by atoms with van der Waals surface area (Å²) in [4.78, 5) is 26.4. The number of hydrogen-bond donors (Lipinski definition) is 2. The number of aryl methyl sites for hydroxylation is 2. The van der Waals surface area contributed by atoms with Crippen molar-refractivity contribution in [2.45, 2.75) is 32.1 Å². The number of benzene rings is 2. The summed E-state index contributed by atoms with van der Waals surface area (Å²) in [6.45, 7) is 5.50. The number of carboxylic acids is 1. The molecule has 1 fully saturated rings. The molecule has 0 aromatic heterocycles. The molecule has 0 unspecified atom stereocenters. The van der Waals surface area contributed by atoms with Gasteiger partial charge in [0.15, 0.2) is 0 Å². The first-order valence-corrected chi connectivity index (χ1v) is 9.29. The van der Waals surface area contributed by atoms with Crippen molar-refractivity contribution in [2.75, 3.05) is 25.0 Å². The zero-order valence-electron chi connectivity index (χ0n) is 15.9.